The summed E-state index contributed by atoms with van der Waals surface area (Å²) >= 11 is 0. The van der Waals surface area contributed by atoms with E-state index in [0.717, 1.165) is 30.0 Å². The third kappa shape index (κ3) is 4.53. The van der Waals surface area contributed by atoms with Crippen LogP contribution >= 0.6 is 0 Å². The average molecular weight is 336 g/mol. The molecule has 3 heteroatoms. The molecule has 0 radical (unpaired) electrons. The van der Waals surface area contributed by atoms with Gasteiger partial charge in [0.25, 0.3) is 0 Å². The van der Waals surface area contributed by atoms with Crippen molar-refractivity contribution in [1.29, 1.82) is 0 Å². The van der Waals surface area contributed by atoms with Crippen LogP contribution in [-0.4, -0.2) is 72.1 Å². The minimum atomic E-state index is 0.722. The second kappa shape index (κ2) is 8.51. The summed E-state index contributed by atoms with van der Waals surface area (Å²) in [5.74, 6) is 2.06. The van der Waals surface area contributed by atoms with E-state index in [-0.39, 0.29) is 0 Å². The molecule has 2 aliphatic heterocycles. The van der Waals surface area contributed by atoms with Crippen molar-refractivity contribution in [3.05, 3.63) is 0 Å². The molecule has 0 aromatic heterocycles. The second-order valence-electron chi connectivity index (χ2n) is 9.20. The number of hydrogen-bond donors (Lipinski definition) is 0. The van der Waals surface area contributed by atoms with E-state index >= 15 is 0 Å². The van der Waals surface area contributed by atoms with Crippen LogP contribution < -0.4 is 0 Å². The molecule has 3 aliphatic rings. The van der Waals surface area contributed by atoms with Crippen molar-refractivity contribution in [2.75, 3.05) is 39.3 Å². The fraction of sp³-hybridized carbons (Fsp3) is 1.00. The van der Waals surface area contributed by atoms with Crippen LogP contribution in [-0.2, 0) is 0 Å². The highest BCUT2D eigenvalue weighted by Gasteiger charge is 2.33. The van der Waals surface area contributed by atoms with Gasteiger partial charge in [0.05, 0.1) is 0 Å². The molecule has 2 saturated heterocycles. The molecule has 0 bridgehead atoms. The highest BCUT2D eigenvalue weighted by Crippen LogP contribution is 2.37. The van der Waals surface area contributed by atoms with E-state index in [2.05, 4.69) is 42.4 Å². The Labute approximate surface area is 150 Å². The van der Waals surface area contributed by atoms with Gasteiger partial charge in [0.2, 0.25) is 0 Å². The standard InChI is InChI=1S/C21H41N3/c1-17(2)22-11-9-20(10-12-22)19-5-7-21(8-6-19)24-15-13-23(14-16-24)18(3)4/h17-21H,5-16H2,1-4H3. The Morgan fingerprint density at radius 2 is 1.00 bits per heavy atom. The van der Waals surface area contributed by atoms with Crippen LogP contribution in [0.25, 0.3) is 0 Å². The summed E-state index contributed by atoms with van der Waals surface area (Å²) in [6.45, 7) is 17.3. The molecule has 3 nitrogen and oxygen atoms in total. The van der Waals surface area contributed by atoms with E-state index in [1.807, 2.05) is 0 Å². The lowest BCUT2D eigenvalue weighted by atomic mass is 9.74. The first-order chi connectivity index (χ1) is 11.5. The zero-order valence-corrected chi connectivity index (χ0v) is 16.7. The Hall–Kier alpha value is -0.120. The Morgan fingerprint density at radius 3 is 1.50 bits per heavy atom. The van der Waals surface area contributed by atoms with Gasteiger partial charge < -0.3 is 4.90 Å². The molecule has 3 rings (SSSR count). The molecule has 2 heterocycles. The number of likely N-dealkylation sites (tertiary alicyclic amines) is 1. The summed E-state index contributed by atoms with van der Waals surface area (Å²) in [5.41, 5.74) is 0. The monoisotopic (exact) mass is 335 g/mol. The van der Waals surface area contributed by atoms with E-state index in [0.29, 0.717) is 0 Å². The Balaban J connectivity index is 1.39. The lowest BCUT2D eigenvalue weighted by molar-refractivity contribution is 0.0425. The zero-order valence-electron chi connectivity index (χ0n) is 16.7. The van der Waals surface area contributed by atoms with Crippen molar-refractivity contribution in [3.63, 3.8) is 0 Å². The van der Waals surface area contributed by atoms with Crippen LogP contribution in [0.5, 0.6) is 0 Å². The van der Waals surface area contributed by atoms with Crippen molar-refractivity contribution in [3.8, 4) is 0 Å². The van der Waals surface area contributed by atoms with Gasteiger partial charge in [0, 0.05) is 44.3 Å². The molecular weight excluding hydrogens is 294 g/mol. The summed E-state index contributed by atoms with van der Waals surface area (Å²) < 4.78 is 0. The molecule has 140 valence electrons. The van der Waals surface area contributed by atoms with Crippen molar-refractivity contribution in [2.45, 2.75) is 84.3 Å². The average Bonchev–Trinajstić information content (AvgIpc) is 2.62. The second-order valence-corrected chi connectivity index (χ2v) is 9.20. The molecular formula is C21H41N3. The molecule has 0 N–H and O–H groups in total. The van der Waals surface area contributed by atoms with Gasteiger partial charge in [-0.25, -0.2) is 0 Å². The van der Waals surface area contributed by atoms with Gasteiger partial charge in [-0.05, 0) is 91.1 Å². The molecule has 1 aliphatic carbocycles. The maximum atomic E-state index is 2.82. The van der Waals surface area contributed by atoms with E-state index in [1.54, 1.807) is 0 Å². The molecule has 0 spiro atoms. The predicted molar refractivity (Wildman–Crippen MR) is 103 cm³/mol. The lowest BCUT2D eigenvalue weighted by Crippen LogP contribution is -2.53. The highest BCUT2D eigenvalue weighted by molar-refractivity contribution is 4.87. The Bertz CT molecular complexity index is 321. The fourth-order valence-electron chi connectivity index (χ4n) is 5.46. The van der Waals surface area contributed by atoms with Crippen molar-refractivity contribution >= 4 is 0 Å². The molecule has 0 aromatic carbocycles. The van der Waals surface area contributed by atoms with E-state index in [9.17, 15) is 0 Å². The number of nitrogens with zero attached hydrogens (tertiary/aromatic N) is 3. The molecule has 0 aromatic rings. The highest BCUT2D eigenvalue weighted by atomic mass is 15.3. The maximum Gasteiger partial charge on any atom is 0.0113 e. The van der Waals surface area contributed by atoms with E-state index < -0.39 is 0 Å². The van der Waals surface area contributed by atoms with E-state index in [1.165, 1.54) is 77.8 Å². The molecule has 0 unspecified atom stereocenters. The van der Waals surface area contributed by atoms with Gasteiger partial charge >= 0.3 is 0 Å². The molecule has 0 atom stereocenters. The first kappa shape index (κ1) is 18.7. The minimum absolute atomic E-state index is 0.722. The predicted octanol–water partition coefficient (Wildman–Crippen LogP) is 3.69. The van der Waals surface area contributed by atoms with Gasteiger partial charge in [-0.3, -0.25) is 9.80 Å². The Kier molecular flexibility index (Phi) is 6.62. The van der Waals surface area contributed by atoms with Gasteiger partial charge in [0.1, 0.15) is 0 Å². The van der Waals surface area contributed by atoms with Crippen LogP contribution in [0.3, 0.4) is 0 Å². The third-order valence-corrected chi connectivity index (χ3v) is 7.31. The van der Waals surface area contributed by atoms with Crippen molar-refractivity contribution in [1.82, 2.24) is 14.7 Å². The number of piperidine rings is 1. The number of rotatable bonds is 4. The zero-order chi connectivity index (χ0) is 17.1. The lowest BCUT2D eigenvalue weighted by Gasteiger charge is -2.45. The first-order valence-electron chi connectivity index (χ1n) is 10.8. The van der Waals surface area contributed by atoms with Gasteiger partial charge in [0.15, 0.2) is 0 Å². The summed E-state index contributed by atoms with van der Waals surface area (Å²) in [7, 11) is 0. The third-order valence-electron chi connectivity index (χ3n) is 7.31. The van der Waals surface area contributed by atoms with Gasteiger partial charge in [-0.15, -0.1) is 0 Å². The summed E-state index contributed by atoms with van der Waals surface area (Å²) in [5, 5.41) is 0. The van der Waals surface area contributed by atoms with Crippen molar-refractivity contribution < 1.29 is 0 Å². The minimum Gasteiger partial charge on any atom is -0.301 e. The largest absolute Gasteiger partial charge is 0.301 e. The van der Waals surface area contributed by atoms with Crippen LogP contribution in [0.4, 0.5) is 0 Å². The summed E-state index contributed by atoms with van der Waals surface area (Å²) in [4.78, 5) is 8.14. The van der Waals surface area contributed by atoms with Crippen LogP contribution in [0.2, 0.25) is 0 Å². The number of piperazine rings is 1. The first-order valence-corrected chi connectivity index (χ1v) is 10.8. The van der Waals surface area contributed by atoms with Crippen LogP contribution in [0, 0.1) is 11.8 Å². The normalized spacial score (nSPS) is 32.8. The Morgan fingerprint density at radius 1 is 0.542 bits per heavy atom. The molecule has 0 amide bonds. The quantitative estimate of drug-likeness (QED) is 0.776. The van der Waals surface area contributed by atoms with Gasteiger partial charge in [-0.1, -0.05) is 0 Å². The topological polar surface area (TPSA) is 9.72 Å². The van der Waals surface area contributed by atoms with Crippen LogP contribution in [0.15, 0.2) is 0 Å². The molecule has 3 fully saturated rings. The van der Waals surface area contributed by atoms with Crippen LogP contribution in [0.1, 0.15) is 66.2 Å². The smallest absolute Gasteiger partial charge is 0.0113 e. The molecule has 24 heavy (non-hydrogen) atoms. The fourth-order valence-corrected chi connectivity index (χ4v) is 5.46. The van der Waals surface area contributed by atoms with Gasteiger partial charge in [-0.2, -0.15) is 0 Å². The maximum absolute atomic E-state index is 2.82. The number of hydrogen-bond acceptors (Lipinski definition) is 3. The SMILES string of the molecule is CC(C)N1CCC(C2CCC(N3CCN(C(C)C)CC3)CC2)CC1. The summed E-state index contributed by atoms with van der Waals surface area (Å²) in [6, 6.07) is 2.36. The van der Waals surface area contributed by atoms with E-state index in [4.69, 9.17) is 0 Å². The summed E-state index contributed by atoms with van der Waals surface area (Å²) in [6.07, 6.45) is 8.86. The van der Waals surface area contributed by atoms with Crippen molar-refractivity contribution in [2.24, 2.45) is 11.8 Å². The molecule has 1 saturated carbocycles.